The number of nitrogens with two attached hydrogens (primary N) is 1. The van der Waals surface area contributed by atoms with Crippen LogP contribution in [0.4, 0.5) is 0 Å². The largest absolute Gasteiger partial charge is 0.508 e. The van der Waals surface area contributed by atoms with E-state index in [1.165, 1.54) is 9.64 Å². The third-order valence-electron chi connectivity index (χ3n) is 4.73. The second-order valence-electron chi connectivity index (χ2n) is 6.63. The lowest BCUT2D eigenvalue weighted by molar-refractivity contribution is 0.306. The molecule has 0 spiro atoms. The molecule has 144 valence electrons. The molecule has 1 heterocycles. The number of ether oxygens (including phenoxy) is 2. The fourth-order valence-electron chi connectivity index (χ4n) is 3.29. The molecular formula is C23H17IN2O3. The normalized spacial score (nSPS) is 15.2. The zero-order valence-corrected chi connectivity index (χ0v) is 17.5. The van der Waals surface area contributed by atoms with Crippen molar-refractivity contribution in [2.45, 2.75) is 12.5 Å². The predicted molar refractivity (Wildman–Crippen MR) is 117 cm³/mol. The molecule has 3 aromatic carbocycles. The number of hydrogen-bond donors (Lipinski definition) is 2. The number of phenolic OH excluding ortho intramolecular Hbond substituents is 1. The average molecular weight is 496 g/mol. The van der Waals surface area contributed by atoms with Crippen LogP contribution in [-0.4, -0.2) is 5.11 Å². The molecule has 1 atom stereocenters. The molecule has 1 aliphatic heterocycles. The van der Waals surface area contributed by atoms with Crippen LogP contribution in [0.3, 0.4) is 0 Å². The van der Waals surface area contributed by atoms with Gasteiger partial charge in [-0.1, -0.05) is 30.3 Å². The summed E-state index contributed by atoms with van der Waals surface area (Å²) in [7, 11) is 0. The maximum Gasteiger partial charge on any atom is 0.205 e. The molecule has 0 bridgehead atoms. The molecule has 0 saturated carbocycles. The summed E-state index contributed by atoms with van der Waals surface area (Å²) in [6, 6.07) is 22.7. The molecule has 0 radical (unpaired) electrons. The minimum atomic E-state index is -0.366. The molecule has 4 rings (SSSR count). The van der Waals surface area contributed by atoms with E-state index in [0.717, 1.165) is 22.4 Å². The molecular weight excluding hydrogens is 479 g/mol. The van der Waals surface area contributed by atoms with Crippen LogP contribution in [0.25, 0.3) is 0 Å². The number of halogens is 1. The van der Waals surface area contributed by atoms with Gasteiger partial charge in [-0.25, -0.2) is 0 Å². The Balaban J connectivity index is 1.59. The summed E-state index contributed by atoms with van der Waals surface area (Å²) in [5.74, 6) is 0.950. The fraction of sp³-hybridized carbons (Fsp3) is 0.0870. The first kappa shape index (κ1) is 19.2. The van der Waals surface area contributed by atoms with Crippen LogP contribution in [0.5, 0.6) is 17.2 Å². The van der Waals surface area contributed by atoms with Crippen molar-refractivity contribution in [1.29, 1.82) is 5.26 Å². The molecule has 5 nitrogen and oxygen atoms in total. The Labute approximate surface area is 182 Å². The van der Waals surface area contributed by atoms with E-state index in [9.17, 15) is 10.4 Å². The Morgan fingerprint density at radius 2 is 1.79 bits per heavy atom. The summed E-state index contributed by atoms with van der Waals surface area (Å²) < 4.78 is 12.6. The minimum absolute atomic E-state index is 0.0506. The highest BCUT2D eigenvalue weighted by Crippen LogP contribution is 2.43. The number of benzene rings is 3. The number of phenols is 1. The molecule has 0 aromatic heterocycles. The number of rotatable bonds is 4. The summed E-state index contributed by atoms with van der Waals surface area (Å²) in [5.41, 5.74) is 9.07. The van der Waals surface area contributed by atoms with Crippen LogP contribution in [-0.2, 0) is 6.61 Å². The standard InChI is InChI=1S/C23H17IN2O3/c24-16-5-1-14(2-6-16)13-28-18-8-3-15(4-9-18)22-19-10-7-17(27)11-21(19)29-23(26)20(22)12-25/h1-11,22,27H,13,26H2/t22-/m1/s1. The van der Waals surface area contributed by atoms with E-state index >= 15 is 0 Å². The molecule has 0 fully saturated rings. The second kappa shape index (κ2) is 8.05. The van der Waals surface area contributed by atoms with Gasteiger partial charge in [-0.2, -0.15) is 5.26 Å². The molecule has 29 heavy (non-hydrogen) atoms. The summed E-state index contributed by atoms with van der Waals surface area (Å²) >= 11 is 2.27. The average Bonchev–Trinajstić information content (AvgIpc) is 2.72. The Kier molecular flexibility index (Phi) is 5.32. The molecule has 0 amide bonds. The Bertz CT molecular complexity index is 1120. The van der Waals surface area contributed by atoms with Crippen LogP contribution in [0.1, 0.15) is 22.6 Å². The lowest BCUT2D eigenvalue weighted by atomic mass is 9.83. The zero-order valence-electron chi connectivity index (χ0n) is 15.3. The molecule has 6 heteroatoms. The summed E-state index contributed by atoms with van der Waals surface area (Å²) in [4.78, 5) is 0. The number of nitriles is 1. The Morgan fingerprint density at radius 3 is 2.48 bits per heavy atom. The van der Waals surface area contributed by atoms with Gasteiger partial charge in [0.2, 0.25) is 5.88 Å². The van der Waals surface area contributed by atoms with Crippen molar-refractivity contribution in [3.63, 3.8) is 0 Å². The number of allylic oxidation sites excluding steroid dienone is 1. The van der Waals surface area contributed by atoms with Crippen molar-refractivity contribution in [1.82, 2.24) is 0 Å². The van der Waals surface area contributed by atoms with Crippen molar-refractivity contribution >= 4 is 22.6 Å². The van der Waals surface area contributed by atoms with Crippen molar-refractivity contribution < 1.29 is 14.6 Å². The lowest BCUT2D eigenvalue weighted by Gasteiger charge is -2.26. The number of fused-ring (bicyclic) bond motifs is 1. The first-order valence-electron chi connectivity index (χ1n) is 8.93. The molecule has 3 aromatic rings. The van der Waals surface area contributed by atoms with Crippen LogP contribution in [0.15, 0.2) is 78.2 Å². The number of nitrogens with zero attached hydrogens (tertiary/aromatic N) is 1. The van der Waals surface area contributed by atoms with E-state index in [-0.39, 0.29) is 17.6 Å². The van der Waals surface area contributed by atoms with Crippen molar-refractivity contribution in [3.05, 3.63) is 98.4 Å². The smallest absolute Gasteiger partial charge is 0.205 e. The zero-order chi connectivity index (χ0) is 20.4. The Morgan fingerprint density at radius 1 is 1.07 bits per heavy atom. The summed E-state index contributed by atoms with van der Waals surface area (Å²) in [6.07, 6.45) is 0. The predicted octanol–water partition coefficient (Wildman–Crippen LogP) is 4.79. The third kappa shape index (κ3) is 4.00. The minimum Gasteiger partial charge on any atom is -0.508 e. The third-order valence-corrected chi connectivity index (χ3v) is 5.45. The first-order chi connectivity index (χ1) is 14.0. The highest BCUT2D eigenvalue weighted by Gasteiger charge is 2.30. The molecule has 1 aliphatic rings. The van der Waals surface area contributed by atoms with E-state index in [2.05, 4.69) is 28.7 Å². The first-order valence-corrected chi connectivity index (χ1v) is 10.0. The fourth-order valence-corrected chi connectivity index (χ4v) is 3.65. The SMILES string of the molecule is N#CC1=C(N)Oc2cc(O)ccc2[C@H]1c1ccc(OCc2ccc(I)cc2)cc1. The molecule has 0 saturated heterocycles. The van der Waals surface area contributed by atoms with E-state index in [1.807, 2.05) is 48.5 Å². The van der Waals surface area contributed by atoms with Gasteiger partial charge >= 0.3 is 0 Å². The van der Waals surface area contributed by atoms with Crippen LogP contribution < -0.4 is 15.2 Å². The van der Waals surface area contributed by atoms with Gasteiger partial charge in [0.1, 0.15) is 35.5 Å². The van der Waals surface area contributed by atoms with Gasteiger partial charge in [-0.15, -0.1) is 0 Å². The van der Waals surface area contributed by atoms with Gasteiger partial charge in [-0.3, -0.25) is 0 Å². The van der Waals surface area contributed by atoms with E-state index in [4.69, 9.17) is 15.2 Å². The van der Waals surface area contributed by atoms with Crippen molar-refractivity contribution in [2.24, 2.45) is 5.73 Å². The summed E-state index contributed by atoms with van der Waals surface area (Å²) in [6.45, 7) is 0.478. The molecule has 0 aliphatic carbocycles. The second-order valence-corrected chi connectivity index (χ2v) is 7.88. The lowest BCUT2D eigenvalue weighted by Crippen LogP contribution is -2.20. The van der Waals surface area contributed by atoms with Crippen LogP contribution >= 0.6 is 22.6 Å². The van der Waals surface area contributed by atoms with E-state index < -0.39 is 0 Å². The van der Waals surface area contributed by atoms with Gasteiger partial charge in [0.25, 0.3) is 0 Å². The van der Waals surface area contributed by atoms with Crippen molar-refractivity contribution in [3.8, 4) is 23.3 Å². The van der Waals surface area contributed by atoms with E-state index in [0.29, 0.717) is 17.9 Å². The Hall–Kier alpha value is -3.18. The van der Waals surface area contributed by atoms with Crippen LogP contribution in [0, 0.1) is 14.9 Å². The topological polar surface area (TPSA) is 88.5 Å². The van der Waals surface area contributed by atoms with E-state index in [1.54, 1.807) is 12.1 Å². The van der Waals surface area contributed by atoms with Gasteiger partial charge in [0.15, 0.2) is 0 Å². The monoisotopic (exact) mass is 496 g/mol. The van der Waals surface area contributed by atoms with Crippen molar-refractivity contribution in [2.75, 3.05) is 0 Å². The molecule has 3 N–H and O–H groups in total. The quantitative estimate of drug-likeness (QED) is 0.507. The highest BCUT2D eigenvalue weighted by molar-refractivity contribution is 14.1. The van der Waals surface area contributed by atoms with Gasteiger partial charge in [-0.05, 0) is 64.0 Å². The van der Waals surface area contributed by atoms with Gasteiger partial charge in [0, 0.05) is 15.2 Å². The van der Waals surface area contributed by atoms with Gasteiger partial charge < -0.3 is 20.3 Å². The van der Waals surface area contributed by atoms with Crippen LogP contribution in [0.2, 0.25) is 0 Å². The number of aromatic hydroxyl groups is 1. The maximum atomic E-state index is 9.74. The number of hydrogen-bond acceptors (Lipinski definition) is 5. The maximum absolute atomic E-state index is 9.74. The van der Waals surface area contributed by atoms with Gasteiger partial charge in [0.05, 0.1) is 5.92 Å². The summed E-state index contributed by atoms with van der Waals surface area (Å²) in [5, 5.41) is 19.4. The molecule has 0 unspecified atom stereocenters. The highest BCUT2D eigenvalue weighted by atomic mass is 127.